The van der Waals surface area contributed by atoms with Crippen LogP contribution in [0.5, 0.6) is 0 Å². The molecule has 0 atom stereocenters. The molecule has 0 aromatic carbocycles. The van der Waals surface area contributed by atoms with E-state index >= 15 is 0 Å². The number of pyridine rings is 1. The molecule has 0 saturated heterocycles. The summed E-state index contributed by atoms with van der Waals surface area (Å²) < 4.78 is 0. The molecular weight excluding hydrogens is 256 g/mol. The lowest BCUT2D eigenvalue weighted by Gasteiger charge is -2.20. The van der Waals surface area contributed by atoms with Crippen LogP contribution in [0.1, 0.15) is 24.2 Å². The molecule has 2 amide bonds. The first-order chi connectivity index (χ1) is 8.24. The molecule has 5 N–H and O–H groups in total. The first kappa shape index (κ1) is 14.2. The second-order valence-electron chi connectivity index (χ2n) is 4.54. The number of rotatable bonds is 4. The summed E-state index contributed by atoms with van der Waals surface area (Å²) in [5.41, 5.74) is 10.4. The summed E-state index contributed by atoms with van der Waals surface area (Å²) in [4.78, 5) is 26.7. The number of aromatic nitrogens is 1. The second-order valence-corrected chi connectivity index (χ2v) is 4.90. The first-order valence-corrected chi connectivity index (χ1v) is 5.61. The molecule has 6 nitrogen and oxygen atoms in total. The van der Waals surface area contributed by atoms with Crippen LogP contribution in [0.25, 0.3) is 0 Å². The van der Waals surface area contributed by atoms with E-state index in [1.54, 1.807) is 13.8 Å². The number of primary amides is 1. The normalized spacial score (nSPS) is 11.1. The Hall–Kier alpha value is -1.82. The molecular formula is C11H15ClN4O2. The maximum Gasteiger partial charge on any atom is 0.254 e. The third-order valence-electron chi connectivity index (χ3n) is 2.46. The highest BCUT2D eigenvalue weighted by molar-refractivity contribution is 6.32. The average Bonchev–Trinajstić information content (AvgIpc) is 2.29. The van der Waals surface area contributed by atoms with Crippen LogP contribution in [0.15, 0.2) is 12.3 Å². The summed E-state index contributed by atoms with van der Waals surface area (Å²) in [5, 5.41) is 2.62. The zero-order valence-electron chi connectivity index (χ0n) is 10.2. The van der Waals surface area contributed by atoms with Crippen molar-refractivity contribution in [1.29, 1.82) is 0 Å². The molecule has 98 valence electrons. The van der Waals surface area contributed by atoms with Gasteiger partial charge in [0.25, 0.3) is 5.91 Å². The largest absolute Gasteiger partial charge is 0.397 e. The third kappa shape index (κ3) is 3.33. The highest BCUT2D eigenvalue weighted by Gasteiger charge is 2.26. The van der Waals surface area contributed by atoms with Gasteiger partial charge in [-0.1, -0.05) is 11.6 Å². The average molecular weight is 271 g/mol. The standard InChI is InChI=1S/C11H15ClN4O2/c1-11(2,10(14)18)5-16-9(17)7-3-6(13)4-15-8(7)12/h3-4H,5,13H2,1-2H3,(H2,14,18)(H,16,17). The predicted molar refractivity (Wildman–Crippen MR) is 69.0 cm³/mol. The number of nitrogens with zero attached hydrogens (tertiary/aromatic N) is 1. The van der Waals surface area contributed by atoms with Gasteiger partial charge in [0, 0.05) is 6.54 Å². The van der Waals surface area contributed by atoms with Crippen molar-refractivity contribution in [3.05, 3.63) is 23.0 Å². The number of halogens is 1. The lowest BCUT2D eigenvalue weighted by molar-refractivity contribution is -0.125. The van der Waals surface area contributed by atoms with E-state index < -0.39 is 17.2 Å². The Morgan fingerprint density at radius 3 is 2.67 bits per heavy atom. The van der Waals surface area contributed by atoms with Gasteiger partial charge in [0.1, 0.15) is 5.15 Å². The van der Waals surface area contributed by atoms with Crippen molar-refractivity contribution in [2.45, 2.75) is 13.8 Å². The minimum Gasteiger partial charge on any atom is -0.397 e. The number of amides is 2. The summed E-state index contributed by atoms with van der Waals surface area (Å²) in [7, 11) is 0. The van der Waals surface area contributed by atoms with Crippen molar-refractivity contribution in [1.82, 2.24) is 10.3 Å². The lowest BCUT2D eigenvalue weighted by Crippen LogP contribution is -2.42. The Morgan fingerprint density at radius 2 is 2.11 bits per heavy atom. The summed E-state index contributed by atoms with van der Waals surface area (Å²) in [6.07, 6.45) is 1.35. The maximum atomic E-state index is 11.8. The third-order valence-corrected chi connectivity index (χ3v) is 2.76. The van der Waals surface area contributed by atoms with E-state index in [1.807, 2.05) is 0 Å². The van der Waals surface area contributed by atoms with E-state index in [1.165, 1.54) is 12.3 Å². The quantitative estimate of drug-likeness (QED) is 0.694. The fraction of sp³-hybridized carbons (Fsp3) is 0.364. The van der Waals surface area contributed by atoms with Crippen molar-refractivity contribution in [2.75, 3.05) is 12.3 Å². The van der Waals surface area contributed by atoms with E-state index in [-0.39, 0.29) is 17.3 Å². The molecule has 0 unspecified atom stereocenters. The Bertz CT molecular complexity index is 488. The highest BCUT2D eigenvalue weighted by Crippen LogP contribution is 2.17. The van der Waals surface area contributed by atoms with Crippen LogP contribution in [0.3, 0.4) is 0 Å². The van der Waals surface area contributed by atoms with Crippen LogP contribution in [-0.4, -0.2) is 23.3 Å². The van der Waals surface area contributed by atoms with Crippen LogP contribution in [0, 0.1) is 5.41 Å². The number of carbonyl (C=O) groups excluding carboxylic acids is 2. The highest BCUT2D eigenvalue weighted by atomic mass is 35.5. The van der Waals surface area contributed by atoms with Crippen molar-refractivity contribution < 1.29 is 9.59 Å². The summed E-state index contributed by atoms with van der Waals surface area (Å²) in [5.74, 6) is -0.950. The molecule has 0 aliphatic carbocycles. The summed E-state index contributed by atoms with van der Waals surface area (Å²) >= 11 is 5.78. The van der Waals surface area contributed by atoms with Gasteiger partial charge in [-0.05, 0) is 19.9 Å². The minimum absolute atomic E-state index is 0.0542. The number of hydrogen-bond donors (Lipinski definition) is 3. The molecule has 0 bridgehead atoms. The fourth-order valence-electron chi connectivity index (χ4n) is 1.11. The Morgan fingerprint density at radius 1 is 1.50 bits per heavy atom. The van der Waals surface area contributed by atoms with Crippen molar-refractivity contribution in [2.24, 2.45) is 11.1 Å². The monoisotopic (exact) mass is 270 g/mol. The first-order valence-electron chi connectivity index (χ1n) is 5.23. The number of carbonyl (C=O) groups is 2. The number of anilines is 1. The maximum absolute atomic E-state index is 11.8. The smallest absolute Gasteiger partial charge is 0.254 e. The van der Waals surface area contributed by atoms with Gasteiger partial charge in [0.2, 0.25) is 5.91 Å². The molecule has 18 heavy (non-hydrogen) atoms. The van der Waals surface area contributed by atoms with Gasteiger partial charge in [-0.15, -0.1) is 0 Å². The van der Waals surface area contributed by atoms with Gasteiger partial charge in [0.15, 0.2) is 0 Å². The molecule has 0 radical (unpaired) electrons. The van der Waals surface area contributed by atoms with Gasteiger partial charge in [-0.2, -0.15) is 0 Å². The number of nitrogens with one attached hydrogen (secondary N) is 1. The molecule has 0 saturated carbocycles. The Balaban J connectivity index is 2.78. The topological polar surface area (TPSA) is 111 Å². The van der Waals surface area contributed by atoms with Crippen LogP contribution in [-0.2, 0) is 4.79 Å². The lowest BCUT2D eigenvalue weighted by atomic mass is 9.93. The number of nitrogens with two attached hydrogens (primary N) is 2. The molecule has 1 aromatic heterocycles. The van der Waals surface area contributed by atoms with Gasteiger partial charge in [0.05, 0.1) is 22.9 Å². The minimum atomic E-state index is -0.837. The van der Waals surface area contributed by atoms with Crippen LogP contribution < -0.4 is 16.8 Å². The van der Waals surface area contributed by atoms with Crippen molar-refractivity contribution >= 4 is 29.1 Å². The van der Waals surface area contributed by atoms with Crippen molar-refractivity contribution in [3.63, 3.8) is 0 Å². The molecule has 0 aliphatic rings. The molecule has 7 heteroatoms. The van der Waals surface area contributed by atoms with E-state index in [0.29, 0.717) is 5.69 Å². The Kier molecular flexibility index (Phi) is 4.13. The molecule has 1 aromatic rings. The van der Waals surface area contributed by atoms with Crippen LogP contribution >= 0.6 is 11.6 Å². The second kappa shape index (κ2) is 5.22. The molecule has 0 fully saturated rings. The SMILES string of the molecule is CC(C)(CNC(=O)c1cc(N)cnc1Cl)C(N)=O. The van der Waals surface area contributed by atoms with Gasteiger partial charge in [-0.3, -0.25) is 9.59 Å². The van der Waals surface area contributed by atoms with Gasteiger partial charge >= 0.3 is 0 Å². The van der Waals surface area contributed by atoms with E-state index in [9.17, 15) is 9.59 Å². The van der Waals surface area contributed by atoms with E-state index in [4.69, 9.17) is 23.1 Å². The summed E-state index contributed by atoms with van der Waals surface area (Å²) in [6.45, 7) is 3.37. The van der Waals surface area contributed by atoms with Crippen LogP contribution in [0.2, 0.25) is 5.15 Å². The van der Waals surface area contributed by atoms with E-state index in [2.05, 4.69) is 10.3 Å². The van der Waals surface area contributed by atoms with Crippen LogP contribution in [0.4, 0.5) is 5.69 Å². The van der Waals surface area contributed by atoms with Crippen molar-refractivity contribution in [3.8, 4) is 0 Å². The van der Waals surface area contributed by atoms with Gasteiger partial charge in [-0.25, -0.2) is 4.98 Å². The fourth-order valence-corrected chi connectivity index (χ4v) is 1.30. The Labute approximate surface area is 110 Å². The number of nitrogen functional groups attached to an aromatic ring is 1. The summed E-state index contributed by atoms with van der Waals surface area (Å²) in [6, 6.07) is 1.42. The zero-order chi connectivity index (χ0) is 13.9. The van der Waals surface area contributed by atoms with E-state index in [0.717, 1.165) is 0 Å². The molecule has 1 rings (SSSR count). The predicted octanol–water partition coefficient (Wildman–Crippen LogP) is 0.559. The molecule has 1 heterocycles. The number of hydrogen-bond acceptors (Lipinski definition) is 4. The molecule has 0 aliphatic heterocycles. The molecule has 0 spiro atoms. The van der Waals surface area contributed by atoms with Gasteiger partial charge < -0.3 is 16.8 Å². The zero-order valence-corrected chi connectivity index (χ0v) is 10.9.